The summed E-state index contributed by atoms with van der Waals surface area (Å²) in [4.78, 5) is 0. The molecule has 0 amide bonds. The normalized spacial score (nSPS) is 33.2. The van der Waals surface area contributed by atoms with Crippen LogP contribution in [0.3, 0.4) is 0 Å². The highest BCUT2D eigenvalue weighted by molar-refractivity contribution is 5.45. The lowest BCUT2D eigenvalue weighted by atomic mass is 9.80. The van der Waals surface area contributed by atoms with Crippen molar-refractivity contribution in [3.63, 3.8) is 0 Å². The van der Waals surface area contributed by atoms with Crippen LogP contribution in [0.1, 0.15) is 17.2 Å². The van der Waals surface area contributed by atoms with Gasteiger partial charge in [0.1, 0.15) is 24.4 Å². The van der Waals surface area contributed by atoms with E-state index in [9.17, 15) is 35.7 Å². The zero-order chi connectivity index (χ0) is 27.6. The van der Waals surface area contributed by atoms with Crippen molar-refractivity contribution < 1.29 is 59.4 Å². The molecule has 0 unspecified atom stereocenters. The van der Waals surface area contributed by atoms with Gasteiger partial charge in [-0.05, 0) is 35.4 Å². The van der Waals surface area contributed by atoms with Gasteiger partial charge in [0.2, 0.25) is 6.29 Å². The highest BCUT2D eigenvalue weighted by atomic mass is 16.7. The van der Waals surface area contributed by atoms with Gasteiger partial charge in [0.25, 0.3) is 0 Å². The fourth-order valence-electron chi connectivity index (χ4n) is 4.95. The third kappa shape index (κ3) is 5.40. The molecule has 2 aromatic rings. The quantitative estimate of drug-likeness (QED) is 0.212. The van der Waals surface area contributed by atoms with Crippen molar-refractivity contribution >= 4 is 0 Å². The second-order valence-electron chi connectivity index (χ2n) is 9.53. The van der Waals surface area contributed by atoms with Crippen molar-refractivity contribution in [2.75, 3.05) is 34.0 Å². The lowest BCUT2D eigenvalue weighted by Crippen LogP contribution is -2.60. The lowest BCUT2D eigenvalue weighted by Gasteiger charge is -2.39. The first-order valence-electron chi connectivity index (χ1n) is 12.1. The molecule has 2 aliphatic heterocycles. The van der Waals surface area contributed by atoms with Gasteiger partial charge in [-0.3, -0.25) is 0 Å². The summed E-state index contributed by atoms with van der Waals surface area (Å²) in [6, 6.07) is 9.51. The van der Waals surface area contributed by atoms with E-state index in [2.05, 4.69) is 0 Å². The molecule has 0 aromatic heterocycles. The lowest BCUT2D eigenvalue weighted by molar-refractivity contribution is -0.277. The van der Waals surface area contributed by atoms with Crippen LogP contribution in [-0.4, -0.2) is 106 Å². The molecule has 0 spiro atoms. The molecule has 0 aliphatic carbocycles. The molecule has 4 rings (SSSR count). The minimum absolute atomic E-state index is 0.0272. The number of methoxy groups -OCH3 is 2. The fourth-order valence-corrected chi connectivity index (χ4v) is 4.95. The van der Waals surface area contributed by atoms with Gasteiger partial charge in [0.15, 0.2) is 23.0 Å². The van der Waals surface area contributed by atoms with Crippen molar-refractivity contribution in [1.29, 1.82) is 0 Å². The minimum atomic E-state index is -1.60. The fraction of sp³-hybridized carbons (Fsp3) is 0.538. The van der Waals surface area contributed by atoms with Crippen LogP contribution in [0.2, 0.25) is 0 Å². The molecule has 2 aromatic carbocycles. The van der Waals surface area contributed by atoms with E-state index in [1.54, 1.807) is 24.3 Å². The van der Waals surface area contributed by atoms with Crippen LogP contribution in [0.5, 0.6) is 23.0 Å². The van der Waals surface area contributed by atoms with Gasteiger partial charge in [-0.2, -0.15) is 0 Å². The number of phenolic OH excluding ortho intramolecular Hbond substituents is 1. The first-order chi connectivity index (χ1) is 18.1. The van der Waals surface area contributed by atoms with Crippen LogP contribution >= 0.6 is 0 Å². The Bertz CT molecular complexity index is 1090. The van der Waals surface area contributed by atoms with Crippen molar-refractivity contribution in [3.8, 4) is 23.0 Å². The van der Waals surface area contributed by atoms with Crippen LogP contribution in [0.4, 0.5) is 0 Å². The van der Waals surface area contributed by atoms with E-state index in [-0.39, 0.29) is 42.6 Å². The number of aromatic hydroxyl groups is 1. The molecule has 2 aliphatic rings. The SMILES string of the molecule is COc1cc(C[C@@]2(O)CO[C@H](c3ccc(O[C@@H]4O[C@H](CO)[C@@H](O)[C@@H](O)[C@H]4O)c(OC)c3)[C@H]2CO)ccc1O. The molecule has 2 saturated heterocycles. The molecular weight excluding hydrogens is 504 g/mol. The predicted molar refractivity (Wildman–Crippen MR) is 130 cm³/mol. The van der Waals surface area contributed by atoms with Gasteiger partial charge in [-0.15, -0.1) is 0 Å². The Hall–Kier alpha value is -2.68. The summed E-state index contributed by atoms with van der Waals surface area (Å²) < 4.78 is 27.6. The molecular formula is C26H34O12. The summed E-state index contributed by atoms with van der Waals surface area (Å²) in [5.41, 5.74) is -0.146. The Morgan fingerprint density at radius 2 is 1.63 bits per heavy atom. The Morgan fingerprint density at radius 1 is 0.895 bits per heavy atom. The largest absolute Gasteiger partial charge is 0.504 e. The average molecular weight is 539 g/mol. The Kier molecular flexibility index (Phi) is 8.65. The average Bonchev–Trinajstić information content (AvgIpc) is 3.25. The summed E-state index contributed by atoms with van der Waals surface area (Å²) in [6.07, 6.45) is -7.80. The number of aliphatic hydroxyl groups excluding tert-OH is 5. The monoisotopic (exact) mass is 538 g/mol. The molecule has 0 saturated carbocycles. The second kappa shape index (κ2) is 11.6. The zero-order valence-electron chi connectivity index (χ0n) is 21.0. The molecule has 8 atom stereocenters. The van der Waals surface area contributed by atoms with E-state index in [0.29, 0.717) is 11.1 Å². The zero-order valence-corrected chi connectivity index (χ0v) is 21.0. The highest BCUT2D eigenvalue weighted by Gasteiger charge is 2.49. The molecule has 0 bridgehead atoms. The van der Waals surface area contributed by atoms with Crippen LogP contribution in [0.25, 0.3) is 0 Å². The number of phenols is 1. The van der Waals surface area contributed by atoms with Crippen LogP contribution in [0.15, 0.2) is 36.4 Å². The number of ether oxygens (including phenoxy) is 5. The van der Waals surface area contributed by atoms with Crippen molar-refractivity contribution in [2.24, 2.45) is 5.92 Å². The van der Waals surface area contributed by atoms with Crippen LogP contribution in [-0.2, 0) is 15.9 Å². The van der Waals surface area contributed by atoms with E-state index in [4.69, 9.17) is 23.7 Å². The van der Waals surface area contributed by atoms with Gasteiger partial charge in [-0.25, -0.2) is 0 Å². The highest BCUT2D eigenvalue weighted by Crippen LogP contribution is 2.45. The van der Waals surface area contributed by atoms with Gasteiger partial charge >= 0.3 is 0 Å². The van der Waals surface area contributed by atoms with Crippen molar-refractivity contribution in [2.45, 2.75) is 48.8 Å². The number of rotatable bonds is 9. The Balaban J connectivity index is 1.53. The summed E-state index contributed by atoms with van der Waals surface area (Å²) >= 11 is 0. The maximum atomic E-state index is 11.4. The van der Waals surface area contributed by atoms with Crippen LogP contribution < -0.4 is 14.2 Å². The minimum Gasteiger partial charge on any atom is -0.504 e. The third-order valence-corrected chi connectivity index (χ3v) is 7.13. The van der Waals surface area contributed by atoms with Crippen molar-refractivity contribution in [1.82, 2.24) is 0 Å². The van der Waals surface area contributed by atoms with E-state index in [0.717, 1.165) is 0 Å². The second-order valence-corrected chi connectivity index (χ2v) is 9.53. The molecule has 2 heterocycles. The maximum absolute atomic E-state index is 11.4. The maximum Gasteiger partial charge on any atom is 0.229 e. The molecule has 38 heavy (non-hydrogen) atoms. The molecule has 2 fully saturated rings. The Morgan fingerprint density at radius 3 is 2.29 bits per heavy atom. The molecule has 12 heteroatoms. The van der Waals surface area contributed by atoms with Crippen molar-refractivity contribution in [3.05, 3.63) is 47.5 Å². The number of benzene rings is 2. The first-order valence-corrected chi connectivity index (χ1v) is 12.1. The number of hydrogen-bond acceptors (Lipinski definition) is 12. The molecule has 210 valence electrons. The van der Waals surface area contributed by atoms with Gasteiger partial charge in [0.05, 0.1) is 45.7 Å². The molecule has 12 nitrogen and oxygen atoms in total. The predicted octanol–water partition coefficient (Wildman–Crippen LogP) is -0.758. The standard InChI is InChI=1S/C26H34O12/c1-34-18-7-13(3-5-16(18)29)9-26(33)12-36-24(15(26)10-27)14-4-6-17(19(8-14)35-2)37-25-23(32)22(31)21(30)20(11-28)38-25/h3-8,15,20-25,27-33H,9-12H2,1-2H3/t15-,20-,21-,22-,23-,24-,25-,26-/m1/s1. The number of hydrogen-bond donors (Lipinski definition) is 7. The van der Waals surface area contributed by atoms with E-state index in [1.807, 2.05) is 0 Å². The topological polar surface area (TPSA) is 188 Å². The van der Waals surface area contributed by atoms with Crippen LogP contribution in [0, 0.1) is 5.92 Å². The number of aliphatic hydroxyl groups is 6. The Labute approximate surface area is 219 Å². The van der Waals surface area contributed by atoms with Gasteiger partial charge in [-0.1, -0.05) is 12.1 Å². The summed E-state index contributed by atoms with van der Waals surface area (Å²) in [7, 11) is 2.82. The van der Waals surface area contributed by atoms with E-state index >= 15 is 0 Å². The van der Waals surface area contributed by atoms with Gasteiger partial charge < -0.3 is 59.4 Å². The van der Waals surface area contributed by atoms with Gasteiger partial charge in [0, 0.05) is 12.3 Å². The summed E-state index contributed by atoms with van der Waals surface area (Å²) in [5.74, 6) is -0.101. The summed E-state index contributed by atoms with van der Waals surface area (Å²) in [5, 5.41) is 71.2. The van der Waals surface area contributed by atoms with E-state index < -0.39 is 54.9 Å². The van der Waals surface area contributed by atoms with E-state index in [1.165, 1.54) is 26.4 Å². The molecule has 7 N–H and O–H groups in total. The smallest absolute Gasteiger partial charge is 0.229 e. The molecule has 0 radical (unpaired) electrons. The first kappa shape index (κ1) is 28.3. The third-order valence-electron chi connectivity index (χ3n) is 7.13. The summed E-state index contributed by atoms with van der Waals surface area (Å²) in [6.45, 7) is -1.03.